The van der Waals surface area contributed by atoms with Crippen LogP contribution in [0.5, 0.6) is 0 Å². The van der Waals surface area contributed by atoms with Crippen LogP contribution in [0.25, 0.3) is 0 Å². The average Bonchev–Trinajstić information content (AvgIpc) is 2.71. The minimum atomic E-state index is -1.02. The number of aromatic nitrogens is 1. The molecule has 7 heteroatoms. The lowest BCUT2D eigenvalue weighted by molar-refractivity contribution is 0.0691. The summed E-state index contributed by atoms with van der Waals surface area (Å²) in [6.45, 7) is 2.14. The highest BCUT2D eigenvalue weighted by molar-refractivity contribution is 7.14. The molecule has 0 atom stereocenters. The lowest BCUT2D eigenvalue weighted by Gasteiger charge is -2.05. The lowest BCUT2D eigenvalue weighted by atomic mass is 10.4. The first kappa shape index (κ1) is 12.9. The smallest absolute Gasteiger partial charge is 0.357 e. The molecule has 0 bridgehead atoms. The van der Waals surface area contributed by atoms with Crippen LogP contribution in [0, 0.1) is 0 Å². The third-order valence-electron chi connectivity index (χ3n) is 1.73. The second kappa shape index (κ2) is 7.15. The average molecular weight is 246 g/mol. The predicted octanol–water partition coefficient (Wildman–Crippen LogP) is 0.916. The number of rotatable bonds is 8. The van der Waals surface area contributed by atoms with Crippen molar-refractivity contribution in [2.75, 3.05) is 38.8 Å². The molecule has 2 N–H and O–H groups in total. The van der Waals surface area contributed by atoms with Gasteiger partial charge in [0.25, 0.3) is 0 Å². The van der Waals surface area contributed by atoms with E-state index in [9.17, 15) is 4.79 Å². The summed E-state index contributed by atoms with van der Waals surface area (Å²) in [4.78, 5) is 14.5. The highest BCUT2D eigenvalue weighted by atomic mass is 32.1. The Bertz CT molecular complexity index is 329. The van der Waals surface area contributed by atoms with E-state index in [0.717, 1.165) is 0 Å². The SMILES string of the molecule is COCCOCCNc1scnc1C(=O)O. The van der Waals surface area contributed by atoms with Crippen molar-refractivity contribution in [1.82, 2.24) is 4.98 Å². The van der Waals surface area contributed by atoms with Gasteiger partial charge in [-0.05, 0) is 0 Å². The molecule has 6 nitrogen and oxygen atoms in total. The van der Waals surface area contributed by atoms with Crippen molar-refractivity contribution in [3.63, 3.8) is 0 Å². The van der Waals surface area contributed by atoms with Gasteiger partial charge in [-0.25, -0.2) is 9.78 Å². The van der Waals surface area contributed by atoms with Crippen molar-refractivity contribution in [1.29, 1.82) is 0 Å². The molecule has 0 amide bonds. The van der Waals surface area contributed by atoms with Gasteiger partial charge >= 0.3 is 5.97 Å². The van der Waals surface area contributed by atoms with Crippen LogP contribution in [0.4, 0.5) is 5.00 Å². The number of carboxylic acid groups (broad SMARTS) is 1. The normalized spacial score (nSPS) is 10.3. The van der Waals surface area contributed by atoms with Crippen molar-refractivity contribution in [2.24, 2.45) is 0 Å². The summed E-state index contributed by atoms with van der Waals surface area (Å²) in [5.41, 5.74) is 1.55. The second-order valence-electron chi connectivity index (χ2n) is 2.87. The van der Waals surface area contributed by atoms with Gasteiger partial charge in [0.2, 0.25) is 0 Å². The Morgan fingerprint density at radius 1 is 1.56 bits per heavy atom. The molecule has 1 aromatic heterocycles. The van der Waals surface area contributed by atoms with Crippen molar-refractivity contribution >= 4 is 22.3 Å². The van der Waals surface area contributed by atoms with Gasteiger partial charge < -0.3 is 19.9 Å². The maximum absolute atomic E-state index is 10.7. The minimum absolute atomic E-state index is 0.0573. The Hall–Kier alpha value is -1.18. The quantitative estimate of drug-likeness (QED) is 0.664. The van der Waals surface area contributed by atoms with Crippen LogP contribution in [0.3, 0.4) is 0 Å². The lowest BCUT2D eigenvalue weighted by Crippen LogP contribution is -2.13. The number of carboxylic acids is 1. The number of aromatic carboxylic acids is 1. The molecule has 0 spiro atoms. The Kier molecular flexibility index (Phi) is 5.76. The second-order valence-corrected chi connectivity index (χ2v) is 3.72. The van der Waals surface area contributed by atoms with Gasteiger partial charge in [0.05, 0.1) is 25.3 Å². The van der Waals surface area contributed by atoms with Crippen LogP contribution in [-0.4, -0.2) is 49.5 Å². The summed E-state index contributed by atoms with van der Waals surface area (Å²) >= 11 is 1.26. The molecular weight excluding hydrogens is 232 g/mol. The topological polar surface area (TPSA) is 80.7 Å². The molecule has 0 aromatic carbocycles. The molecule has 1 aromatic rings. The number of anilines is 1. The van der Waals surface area contributed by atoms with Crippen LogP contribution in [0.2, 0.25) is 0 Å². The molecule has 0 fully saturated rings. The first-order valence-electron chi connectivity index (χ1n) is 4.73. The molecule has 0 radical (unpaired) electrons. The summed E-state index contributed by atoms with van der Waals surface area (Å²) in [6, 6.07) is 0. The number of thiazole rings is 1. The fraction of sp³-hybridized carbons (Fsp3) is 0.556. The number of hydrogen-bond donors (Lipinski definition) is 2. The van der Waals surface area contributed by atoms with Crippen LogP contribution in [0.15, 0.2) is 5.51 Å². The largest absolute Gasteiger partial charge is 0.476 e. The van der Waals surface area contributed by atoms with E-state index in [-0.39, 0.29) is 5.69 Å². The van der Waals surface area contributed by atoms with E-state index >= 15 is 0 Å². The summed E-state index contributed by atoms with van der Waals surface area (Å²) in [7, 11) is 1.61. The molecule has 16 heavy (non-hydrogen) atoms. The van der Waals surface area contributed by atoms with Gasteiger partial charge in [-0.3, -0.25) is 0 Å². The first-order valence-corrected chi connectivity index (χ1v) is 5.61. The number of ether oxygens (including phenoxy) is 2. The third-order valence-corrected chi connectivity index (χ3v) is 2.52. The van der Waals surface area contributed by atoms with E-state index in [2.05, 4.69) is 10.3 Å². The highest BCUT2D eigenvalue weighted by Gasteiger charge is 2.12. The maximum atomic E-state index is 10.7. The van der Waals surface area contributed by atoms with Gasteiger partial charge in [-0.15, -0.1) is 11.3 Å². The molecule has 0 saturated carbocycles. The zero-order valence-corrected chi connectivity index (χ0v) is 9.75. The molecule has 0 aliphatic heterocycles. The van der Waals surface area contributed by atoms with Crippen molar-refractivity contribution < 1.29 is 19.4 Å². The van der Waals surface area contributed by atoms with Crippen molar-refractivity contribution in [3.05, 3.63) is 11.2 Å². The van der Waals surface area contributed by atoms with Crippen LogP contribution in [0.1, 0.15) is 10.5 Å². The maximum Gasteiger partial charge on any atom is 0.357 e. The van der Waals surface area contributed by atoms with Gasteiger partial charge in [0.15, 0.2) is 5.69 Å². The number of hydrogen-bond acceptors (Lipinski definition) is 6. The van der Waals surface area contributed by atoms with Crippen LogP contribution < -0.4 is 5.32 Å². The number of nitrogens with one attached hydrogen (secondary N) is 1. The third kappa shape index (κ3) is 4.13. The summed E-state index contributed by atoms with van der Waals surface area (Å²) in [5, 5.41) is 12.3. The van der Waals surface area contributed by atoms with E-state index in [4.69, 9.17) is 14.6 Å². The summed E-state index contributed by atoms with van der Waals surface area (Å²) < 4.78 is 10.0. The Morgan fingerprint density at radius 2 is 2.38 bits per heavy atom. The minimum Gasteiger partial charge on any atom is -0.476 e. The number of methoxy groups -OCH3 is 1. The molecule has 0 saturated heterocycles. The fourth-order valence-electron chi connectivity index (χ4n) is 1.00. The van der Waals surface area contributed by atoms with Crippen LogP contribution in [-0.2, 0) is 9.47 Å². The van der Waals surface area contributed by atoms with E-state index in [1.54, 1.807) is 7.11 Å². The monoisotopic (exact) mass is 246 g/mol. The zero-order chi connectivity index (χ0) is 11.8. The standard InChI is InChI=1S/C9H14N2O4S/c1-14-4-5-15-3-2-10-8-7(9(12)13)11-6-16-8/h6,10H,2-5H2,1H3,(H,12,13). The summed E-state index contributed by atoms with van der Waals surface area (Å²) in [5.74, 6) is -1.02. The molecule has 0 aliphatic rings. The van der Waals surface area contributed by atoms with Gasteiger partial charge in [-0.2, -0.15) is 0 Å². The van der Waals surface area contributed by atoms with Crippen LogP contribution >= 0.6 is 11.3 Å². The van der Waals surface area contributed by atoms with E-state index in [1.165, 1.54) is 16.8 Å². The molecule has 90 valence electrons. The number of nitrogens with zero attached hydrogens (tertiary/aromatic N) is 1. The fourth-order valence-corrected chi connectivity index (χ4v) is 1.71. The Morgan fingerprint density at radius 3 is 3.06 bits per heavy atom. The van der Waals surface area contributed by atoms with E-state index in [0.29, 0.717) is 31.4 Å². The molecule has 0 aliphatic carbocycles. The predicted molar refractivity (Wildman–Crippen MR) is 60.3 cm³/mol. The zero-order valence-electron chi connectivity index (χ0n) is 8.93. The summed E-state index contributed by atoms with van der Waals surface area (Å²) in [6.07, 6.45) is 0. The molecule has 1 rings (SSSR count). The van der Waals surface area contributed by atoms with Crippen molar-refractivity contribution in [3.8, 4) is 0 Å². The highest BCUT2D eigenvalue weighted by Crippen LogP contribution is 2.19. The van der Waals surface area contributed by atoms with Gasteiger partial charge in [0.1, 0.15) is 5.00 Å². The van der Waals surface area contributed by atoms with Gasteiger partial charge in [0, 0.05) is 13.7 Å². The molecule has 1 heterocycles. The van der Waals surface area contributed by atoms with Gasteiger partial charge in [-0.1, -0.05) is 0 Å². The Balaban J connectivity index is 2.21. The van der Waals surface area contributed by atoms with Crippen molar-refractivity contribution in [2.45, 2.75) is 0 Å². The first-order chi connectivity index (χ1) is 7.75. The molecule has 0 unspecified atom stereocenters. The van der Waals surface area contributed by atoms with E-state index in [1.807, 2.05) is 0 Å². The molecular formula is C9H14N2O4S. The number of carbonyl (C=O) groups is 1. The Labute approximate surface area is 97.2 Å². The van der Waals surface area contributed by atoms with E-state index < -0.39 is 5.97 Å².